The maximum absolute atomic E-state index is 12.2. The van der Waals surface area contributed by atoms with Gasteiger partial charge in [-0.1, -0.05) is 18.2 Å². The maximum Gasteiger partial charge on any atom is 0.203 e. The van der Waals surface area contributed by atoms with Crippen LogP contribution >= 0.6 is 0 Å². The van der Waals surface area contributed by atoms with E-state index in [4.69, 9.17) is 14.2 Å². The summed E-state index contributed by atoms with van der Waals surface area (Å²) in [7, 11) is 1.59. The average Bonchev–Trinajstić information content (AvgIpc) is 2.53. The lowest BCUT2D eigenvalue weighted by atomic mass is 10.1. The highest BCUT2D eigenvalue weighted by Gasteiger charge is 2.12. The van der Waals surface area contributed by atoms with E-state index in [1.165, 1.54) is 0 Å². The number of benzene rings is 2. The number of carbonyl (C=O) groups excluding carboxylic acids is 1. The highest BCUT2D eigenvalue weighted by atomic mass is 16.5. The van der Waals surface area contributed by atoms with E-state index >= 15 is 0 Å². The maximum atomic E-state index is 12.2. The van der Waals surface area contributed by atoms with Gasteiger partial charge < -0.3 is 14.2 Å². The fourth-order valence-electron chi connectivity index (χ4n) is 1.90. The largest absolute Gasteiger partial charge is 0.497 e. The van der Waals surface area contributed by atoms with Gasteiger partial charge in [-0.05, 0) is 31.2 Å². The molecule has 2 rings (SSSR count). The summed E-state index contributed by atoms with van der Waals surface area (Å²) in [6.45, 7) is 2.35. The minimum absolute atomic E-state index is 0.0444. The molecule has 0 unspecified atom stereocenters. The van der Waals surface area contributed by atoms with Gasteiger partial charge in [-0.3, -0.25) is 4.79 Å². The van der Waals surface area contributed by atoms with Crippen molar-refractivity contribution < 1.29 is 19.0 Å². The molecule has 2 aromatic carbocycles. The first-order valence-corrected chi connectivity index (χ1v) is 6.76. The summed E-state index contributed by atoms with van der Waals surface area (Å²) >= 11 is 0. The molecule has 4 nitrogen and oxygen atoms in total. The smallest absolute Gasteiger partial charge is 0.203 e. The Morgan fingerprint density at radius 2 is 1.76 bits per heavy atom. The SMILES string of the molecule is CCOc1ccccc1C(=O)COc1cccc(OC)c1. The number of hydrogen-bond acceptors (Lipinski definition) is 4. The van der Waals surface area contributed by atoms with Gasteiger partial charge in [-0.15, -0.1) is 0 Å². The standard InChI is InChI=1S/C17H18O4/c1-3-20-17-10-5-4-9-15(17)16(18)12-21-14-8-6-7-13(11-14)19-2/h4-11H,3,12H2,1-2H3. The third kappa shape index (κ3) is 3.99. The fourth-order valence-corrected chi connectivity index (χ4v) is 1.90. The monoisotopic (exact) mass is 286 g/mol. The van der Waals surface area contributed by atoms with E-state index < -0.39 is 0 Å². The minimum Gasteiger partial charge on any atom is -0.497 e. The molecule has 0 amide bonds. The molecule has 0 spiro atoms. The molecule has 0 N–H and O–H groups in total. The van der Waals surface area contributed by atoms with E-state index in [-0.39, 0.29) is 12.4 Å². The zero-order valence-corrected chi connectivity index (χ0v) is 12.2. The first-order valence-electron chi connectivity index (χ1n) is 6.76. The van der Waals surface area contributed by atoms with Gasteiger partial charge in [0.05, 0.1) is 19.3 Å². The van der Waals surface area contributed by atoms with Crippen LogP contribution in [0.15, 0.2) is 48.5 Å². The average molecular weight is 286 g/mol. The molecule has 0 radical (unpaired) electrons. The summed E-state index contributed by atoms with van der Waals surface area (Å²) in [6, 6.07) is 14.3. The molecule has 0 atom stereocenters. The highest BCUT2D eigenvalue weighted by molar-refractivity contribution is 5.99. The Bertz CT molecular complexity index is 607. The number of rotatable bonds is 7. The lowest BCUT2D eigenvalue weighted by molar-refractivity contribution is 0.0917. The van der Waals surface area contributed by atoms with E-state index in [9.17, 15) is 4.79 Å². The van der Waals surface area contributed by atoms with Crippen LogP contribution in [-0.4, -0.2) is 26.1 Å². The predicted molar refractivity (Wildman–Crippen MR) is 80.4 cm³/mol. The Morgan fingerprint density at radius 1 is 1.00 bits per heavy atom. The van der Waals surface area contributed by atoms with Crippen LogP contribution in [0.5, 0.6) is 17.2 Å². The number of hydrogen-bond donors (Lipinski definition) is 0. The van der Waals surface area contributed by atoms with Crippen molar-refractivity contribution in [2.45, 2.75) is 6.92 Å². The molecule has 0 heterocycles. The second-order valence-electron chi connectivity index (χ2n) is 4.32. The normalized spacial score (nSPS) is 10.0. The molecule has 0 saturated heterocycles. The van der Waals surface area contributed by atoms with Crippen molar-refractivity contribution in [1.29, 1.82) is 0 Å². The third-order valence-corrected chi connectivity index (χ3v) is 2.90. The Hall–Kier alpha value is -2.49. The number of carbonyl (C=O) groups is 1. The molecule has 110 valence electrons. The van der Waals surface area contributed by atoms with E-state index in [1.807, 2.05) is 25.1 Å². The number of para-hydroxylation sites is 1. The molecule has 0 aliphatic carbocycles. The first-order chi connectivity index (χ1) is 10.2. The zero-order valence-electron chi connectivity index (χ0n) is 12.2. The lowest BCUT2D eigenvalue weighted by Gasteiger charge is -2.10. The van der Waals surface area contributed by atoms with Gasteiger partial charge in [-0.25, -0.2) is 0 Å². The van der Waals surface area contributed by atoms with Crippen molar-refractivity contribution in [3.05, 3.63) is 54.1 Å². The molecule has 0 aromatic heterocycles. The van der Waals surface area contributed by atoms with E-state index in [0.717, 1.165) is 0 Å². The molecule has 0 saturated carbocycles. The van der Waals surface area contributed by atoms with Crippen molar-refractivity contribution in [1.82, 2.24) is 0 Å². The van der Waals surface area contributed by atoms with Crippen LogP contribution in [0, 0.1) is 0 Å². The van der Waals surface area contributed by atoms with Gasteiger partial charge in [-0.2, -0.15) is 0 Å². The molecule has 2 aromatic rings. The second-order valence-corrected chi connectivity index (χ2v) is 4.32. The number of Topliss-reactive ketones (excluding diaryl/α,β-unsaturated/α-hetero) is 1. The van der Waals surface area contributed by atoms with Crippen LogP contribution in [0.2, 0.25) is 0 Å². The highest BCUT2D eigenvalue weighted by Crippen LogP contribution is 2.21. The van der Waals surface area contributed by atoms with Crippen molar-refractivity contribution in [3.63, 3.8) is 0 Å². The predicted octanol–water partition coefficient (Wildman–Crippen LogP) is 3.36. The van der Waals surface area contributed by atoms with Crippen LogP contribution in [0.3, 0.4) is 0 Å². The van der Waals surface area contributed by atoms with Crippen molar-refractivity contribution in [3.8, 4) is 17.2 Å². The second kappa shape index (κ2) is 7.33. The van der Waals surface area contributed by atoms with E-state index in [2.05, 4.69) is 0 Å². The molecular weight excluding hydrogens is 268 g/mol. The van der Waals surface area contributed by atoms with Crippen LogP contribution < -0.4 is 14.2 Å². The van der Waals surface area contributed by atoms with Crippen molar-refractivity contribution in [2.24, 2.45) is 0 Å². The van der Waals surface area contributed by atoms with Crippen molar-refractivity contribution in [2.75, 3.05) is 20.3 Å². The topological polar surface area (TPSA) is 44.8 Å². The van der Waals surface area contributed by atoms with Crippen LogP contribution in [0.25, 0.3) is 0 Å². The van der Waals surface area contributed by atoms with Crippen LogP contribution in [-0.2, 0) is 0 Å². The van der Waals surface area contributed by atoms with Crippen LogP contribution in [0.1, 0.15) is 17.3 Å². The molecule has 0 bridgehead atoms. The molecule has 0 aliphatic heterocycles. The van der Waals surface area contributed by atoms with Gasteiger partial charge in [0.2, 0.25) is 5.78 Å². The zero-order chi connectivity index (χ0) is 15.1. The fraction of sp³-hybridized carbons (Fsp3) is 0.235. The van der Waals surface area contributed by atoms with E-state index in [1.54, 1.807) is 37.4 Å². The third-order valence-electron chi connectivity index (χ3n) is 2.90. The Labute approximate surface area is 124 Å². The molecule has 0 aliphatic rings. The summed E-state index contributed by atoms with van der Waals surface area (Å²) in [5.74, 6) is 1.74. The number of ether oxygens (including phenoxy) is 3. The quantitative estimate of drug-likeness (QED) is 0.732. The molecule has 0 fully saturated rings. The summed E-state index contributed by atoms with van der Waals surface area (Å²) in [5.41, 5.74) is 0.530. The Kier molecular flexibility index (Phi) is 5.21. The van der Waals surface area contributed by atoms with Gasteiger partial charge in [0.25, 0.3) is 0 Å². The number of ketones is 1. The van der Waals surface area contributed by atoms with E-state index in [0.29, 0.717) is 29.4 Å². The van der Waals surface area contributed by atoms with Gasteiger partial charge in [0, 0.05) is 6.07 Å². The molecule has 4 heteroatoms. The van der Waals surface area contributed by atoms with Gasteiger partial charge in [0.1, 0.15) is 17.2 Å². The minimum atomic E-state index is -0.123. The first kappa shape index (κ1) is 14.9. The number of methoxy groups -OCH3 is 1. The van der Waals surface area contributed by atoms with Crippen LogP contribution in [0.4, 0.5) is 0 Å². The lowest BCUT2D eigenvalue weighted by Crippen LogP contribution is -2.13. The molecule has 21 heavy (non-hydrogen) atoms. The summed E-state index contributed by atoms with van der Waals surface area (Å²) in [6.07, 6.45) is 0. The summed E-state index contributed by atoms with van der Waals surface area (Å²) < 4.78 is 16.1. The Balaban J connectivity index is 2.04. The summed E-state index contributed by atoms with van der Waals surface area (Å²) in [5, 5.41) is 0. The molecular formula is C17H18O4. The van der Waals surface area contributed by atoms with Crippen molar-refractivity contribution >= 4 is 5.78 Å². The van der Waals surface area contributed by atoms with Gasteiger partial charge >= 0.3 is 0 Å². The summed E-state index contributed by atoms with van der Waals surface area (Å²) in [4.78, 5) is 12.2. The Morgan fingerprint density at radius 3 is 2.52 bits per heavy atom. The van der Waals surface area contributed by atoms with Gasteiger partial charge in [0.15, 0.2) is 6.61 Å².